The fourth-order valence-electron chi connectivity index (χ4n) is 4.01. The Hall–Kier alpha value is -1.58. The number of nitrogens with zero attached hydrogens (tertiary/aromatic N) is 3. The highest BCUT2D eigenvalue weighted by Gasteiger charge is 2.36. The van der Waals surface area contributed by atoms with Gasteiger partial charge >= 0.3 is 0 Å². The molecule has 0 spiro atoms. The molecule has 6 nitrogen and oxygen atoms in total. The molecule has 0 unspecified atom stereocenters. The first-order chi connectivity index (χ1) is 13.2. The van der Waals surface area contributed by atoms with Crippen molar-refractivity contribution in [1.82, 2.24) is 14.1 Å². The van der Waals surface area contributed by atoms with Crippen molar-refractivity contribution in [1.29, 1.82) is 0 Å². The van der Waals surface area contributed by atoms with Crippen molar-refractivity contribution in [3.05, 3.63) is 29.8 Å². The summed E-state index contributed by atoms with van der Waals surface area (Å²) in [6.45, 7) is 2.15. The second-order valence-electron chi connectivity index (χ2n) is 7.74. The molecule has 0 bridgehead atoms. The highest BCUT2D eigenvalue weighted by molar-refractivity contribution is 7.89. The van der Waals surface area contributed by atoms with Gasteiger partial charge in [-0.1, -0.05) is 0 Å². The number of amides is 1. The molecule has 2 saturated heterocycles. The number of benzene rings is 1. The normalized spacial score (nSPS) is 21.0. The van der Waals surface area contributed by atoms with Gasteiger partial charge < -0.3 is 9.80 Å². The standard InChI is InChI=1S/C19H27F2N3O3S/c1-22-9-7-16(8-10-22)23(2)19(25)14-5-11-24(12-6-14)28(26,27)18-13-15(20)3-4-17(18)21/h3-4,13-14,16H,5-12H2,1-2H3. The highest BCUT2D eigenvalue weighted by Crippen LogP contribution is 2.28. The van der Waals surface area contributed by atoms with Gasteiger partial charge in [0, 0.05) is 32.1 Å². The molecular weight excluding hydrogens is 388 g/mol. The number of rotatable bonds is 4. The smallest absolute Gasteiger partial charge is 0.246 e. The minimum atomic E-state index is -4.12. The minimum absolute atomic E-state index is 0.0449. The van der Waals surface area contributed by atoms with E-state index in [-0.39, 0.29) is 31.0 Å². The van der Waals surface area contributed by atoms with Gasteiger partial charge in [0.05, 0.1) is 0 Å². The SMILES string of the molecule is CN1CCC(N(C)C(=O)C2CCN(S(=O)(=O)c3cc(F)ccc3F)CC2)CC1. The molecule has 2 heterocycles. The molecule has 2 aliphatic rings. The third kappa shape index (κ3) is 4.36. The van der Waals surface area contributed by atoms with Crippen LogP contribution in [0.3, 0.4) is 0 Å². The van der Waals surface area contributed by atoms with E-state index in [1.807, 2.05) is 11.9 Å². The van der Waals surface area contributed by atoms with E-state index in [2.05, 4.69) is 11.9 Å². The zero-order chi connectivity index (χ0) is 20.5. The molecule has 3 rings (SSSR count). The Kier molecular flexibility index (Phi) is 6.36. The molecule has 0 aliphatic carbocycles. The van der Waals surface area contributed by atoms with Gasteiger partial charge in [-0.25, -0.2) is 17.2 Å². The average molecular weight is 416 g/mol. The zero-order valence-corrected chi connectivity index (χ0v) is 17.1. The Morgan fingerprint density at radius 2 is 1.68 bits per heavy atom. The first kappa shape index (κ1) is 21.1. The van der Waals surface area contributed by atoms with Crippen LogP contribution in [0.25, 0.3) is 0 Å². The Balaban J connectivity index is 1.62. The van der Waals surface area contributed by atoms with Gasteiger partial charge in [-0.15, -0.1) is 0 Å². The molecule has 1 aromatic carbocycles. The van der Waals surface area contributed by atoms with Crippen LogP contribution >= 0.6 is 0 Å². The summed E-state index contributed by atoms with van der Waals surface area (Å²) in [5.41, 5.74) is 0. The van der Waals surface area contributed by atoms with Gasteiger partial charge in [-0.3, -0.25) is 4.79 Å². The van der Waals surface area contributed by atoms with Crippen LogP contribution in [0.5, 0.6) is 0 Å². The van der Waals surface area contributed by atoms with Crippen molar-refractivity contribution in [2.45, 2.75) is 36.6 Å². The predicted molar refractivity (Wildman–Crippen MR) is 101 cm³/mol. The summed E-state index contributed by atoms with van der Waals surface area (Å²) < 4.78 is 53.8. The lowest BCUT2D eigenvalue weighted by Gasteiger charge is -2.38. The van der Waals surface area contributed by atoms with Crippen LogP contribution < -0.4 is 0 Å². The fraction of sp³-hybridized carbons (Fsp3) is 0.632. The number of carbonyl (C=O) groups is 1. The Morgan fingerprint density at radius 1 is 1.07 bits per heavy atom. The first-order valence-corrected chi connectivity index (χ1v) is 11.0. The Labute approximate surface area is 165 Å². The predicted octanol–water partition coefficient (Wildman–Crippen LogP) is 1.92. The van der Waals surface area contributed by atoms with Crippen molar-refractivity contribution in [2.75, 3.05) is 40.3 Å². The number of carbonyl (C=O) groups excluding carboxylic acids is 1. The monoisotopic (exact) mass is 415 g/mol. The van der Waals surface area contributed by atoms with E-state index in [0.29, 0.717) is 18.9 Å². The summed E-state index contributed by atoms with van der Waals surface area (Å²) in [5, 5.41) is 0. The summed E-state index contributed by atoms with van der Waals surface area (Å²) in [6, 6.07) is 2.62. The van der Waals surface area contributed by atoms with E-state index in [0.717, 1.165) is 42.4 Å². The molecule has 1 amide bonds. The van der Waals surface area contributed by atoms with Crippen molar-refractivity contribution in [2.24, 2.45) is 5.92 Å². The molecule has 0 N–H and O–H groups in total. The van der Waals surface area contributed by atoms with Gasteiger partial charge in [-0.2, -0.15) is 4.31 Å². The summed E-state index contributed by atoms with van der Waals surface area (Å²) in [4.78, 5) is 16.2. The summed E-state index contributed by atoms with van der Waals surface area (Å²) >= 11 is 0. The van der Waals surface area contributed by atoms with Crippen LogP contribution in [-0.2, 0) is 14.8 Å². The molecule has 9 heteroatoms. The van der Waals surface area contributed by atoms with Crippen molar-refractivity contribution >= 4 is 15.9 Å². The fourth-order valence-corrected chi connectivity index (χ4v) is 5.55. The van der Waals surface area contributed by atoms with E-state index in [4.69, 9.17) is 0 Å². The van der Waals surface area contributed by atoms with Crippen LogP contribution in [0, 0.1) is 17.6 Å². The van der Waals surface area contributed by atoms with Crippen molar-refractivity contribution in [3.63, 3.8) is 0 Å². The van der Waals surface area contributed by atoms with E-state index < -0.39 is 26.6 Å². The third-order valence-corrected chi connectivity index (χ3v) is 7.81. The topological polar surface area (TPSA) is 60.9 Å². The zero-order valence-electron chi connectivity index (χ0n) is 16.3. The lowest BCUT2D eigenvalue weighted by Crippen LogP contribution is -2.49. The third-order valence-electron chi connectivity index (χ3n) is 5.90. The minimum Gasteiger partial charge on any atom is -0.342 e. The average Bonchev–Trinajstić information content (AvgIpc) is 2.69. The van der Waals surface area contributed by atoms with Crippen LogP contribution in [0.2, 0.25) is 0 Å². The van der Waals surface area contributed by atoms with Crippen LogP contribution in [-0.4, -0.2) is 74.7 Å². The highest BCUT2D eigenvalue weighted by atomic mass is 32.2. The van der Waals surface area contributed by atoms with Crippen LogP contribution in [0.15, 0.2) is 23.1 Å². The maximum atomic E-state index is 13.9. The van der Waals surface area contributed by atoms with Crippen LogP contribution in [0.1, 0.15) is 25.7 Å². The molecule has 28 heavy (non-hydrogen) atoms. The maximum Gasteiger partial charge on any atom is 0.246 e. The quantitative estimate of drug-likeness (QED) is 0.754. The van der Waals surface area contributed by atoms with E-state index in [9.17, 15) is 22.0 Å². The van der Waals surface area contributed by atoms with Gasteiger partial charge in [0.25, 0.3) is 0 Å². The molecule has 0 radical (unpaired) electrons. The Bertz CT molecular complexity index is 818. The number of hydrogen-bond acceptors (Lipinski definition) is 4. The van der Waals surface area contributed by atoms with Crippen molar-refractivity contribution < 1.29 is 22.0 Å². The number of likely N-dealkylation sites (tertiary alicyclic amines) is 1. The molecule has 1 aromatic rings. The summed E-state index contributed by atoms with van der Waals surface area (Å²) in [5.74, 6) is -1.97. The van der Waals surface area contributed by atoms with Crippen molar-refractivity contribution in [3.8, 4) is 0 Å². The van der Waals surface area contributed by atoms with Gasteiger partial charge in [0.15, 0.2) is 0 Å². The number of piperidine rings is 2. The van der Waals surface area contributed by atoms with Gasteiger partial charge in [0.1, 0.15) is 16.5 Å². The molecule has 0 saturated carbocycles. The van der Waals surface area contributed by atoms with Gasteiger partial charge in [-0.05, 0) is 64.0 Å². The second kappa shape index (κ2) is 8.42. The van der Waals surface area contributed by atoms with Crippen LogP contribution in [0.4, 0.5) is 8.78 Å². The lowest BCUT2D eigenvalue weighted by molar-refractivity contribution is -0.138. The molecule has 2 aliphatic heterocycles. The summed E-state index contributed by atoms with van der Waals surface area (Å²) in [6.07, 6.45) is 2.63. The molecular formula is C19H27F2N3O3S. The number of halogens is 2. The van der Waals surface area contributed by atoms with E-state index in [1.54, 1.807) is 0 Å². The molecule has 156 valence electrons. The number of sulfonamides is 1. The summed E-state index contributed by atoms with van der Waals surface area (Å²) in [7, 11) is -0.235. The van der Waals surface area contributed by atoms with Gasteiger partial charge in [0.2, 0.25) is 15.9 Å². The second-order valence-corrected chi connectivity index (χ2v) is 9.64. The molecule has 2 fully saturated rings. The lowest BCUT2D eigenvalue weighted by atomic mass is 9.94. The Morgan fingerprint density at radius 3 is 2.29 bits per heavy atom. The maximum absolute atomic E-state index is 13.9. The molecule has 0 atom stereocenters. The number of hydrogen-bond donors (Lipinski definition) is 0. The largest absolute Gasteiger partial charge is 0.342 e. The van der Waals surface area contributed by atoms with E-state index >= 15 is 0 Å². The first-order valence-electron chi connectivity index (χ1n) is 9.60. The van der Waals surface area contributed by atoms with E-state index in [1.165, 1.54) is 0 Å². The molecule has 0 aromatic heterocycles.